The van der Waals surface area contributed by atoms with Crippen LogP contribution in [0.5, 0.6) is 11.5 Å². The quantitative estimate of drug-likeness (QED) is 0.924. The van der Waals surface area contributed by atoms with E-state index in [1.165, 1.54) is 4.90 Å². The van der Waals surface area contributed by atoms with Gasteiger partial charge in [-0.1, -0.05) is 6.07 Å². The van der Waals surface area contributed by atoms with Crippen molar-refractivity contribution in [2.75, 3.05) is 13.3 Å². The van der Waals surface area contributed by atoms with Crippen LogP contribution in [0, 0.1) is 6.92 Å². The molecule has 1 atom stereocenters. The van der Waals surface area contributed by atoms with Crippen molar-refractivity contribution in [3.05, 3.63) is 47.4 Å². The molecule has 1 aromatic carbocycles. The van der Waals surface area contributed by atoms with Crippen LogP contribution in [-0.4, -0.2) is 30.1 Å². The summed E-state index contributed by atoms with van der Waals surface area (Å²) in [6, 6.07) is 8.18. The molecule has 7 heteroatoms. The molecule has 0 bridgehead atoms. The lowest BCUT2D eigenvalue weighted by atomic mass is 10.0. The lowest BCUT2D eigenvalue weighted by molar-refractivity contribution is -0.146. The first kappa shape index (κ1) is 14.6. The Bertz CT molecular complexity index is 813. The number of furan rings is 1. The monoisotopic (exact) mass is 328 g/mol. The number of carbonyl (C=O) groups is 2. The number of nitrogens with one attached hydrogen (secondary N) is 1. The molecule has 24 heavy (non-hydrogen) atoms. The van der Waals surface area contributed by atoms with E-state index in [0.29, 0.717) is 22.8 Å². The summed E-state index contributed by atoms with van der Waals surface area (Å²) in [6.45, 7) is 2.21. The highest BCUT2D eigenvalue weighted by Crippen LogP contribution is 2.36. The molecule has 4 rings (SSSR count). The van der Waals surface area contributed by atoms with Gasteiger partial charge in [0.25, 0.3) is 0 Å². The molecule has 1 unspecified atom stereocenters. The summed E-state index contributed by atoms with van der Waals surface area (Å²) in [4.78, 5) is 26.3. The fourth-order valence-electron chi connectivity index (χ4n) is 2.98. The minimum absolute atomic E-state index is 0.0143. The van der Waals surface area contributed by atoms with Crippen molar-refractivity contribution in [1.29, 1.82) is 0 Å². The highest BCUT2D eigenvalue weighted by atomic mass is 16.7. The molecule has 2 amide bonds. The number of aryl methyl sites for hydroxylation is 1. The molecule has 1 saturated heterocycles. The smallest absolute Gasteiger partial charge is 0.247 e. The number of nitrogens with zero attached hydrogens (tertiary/aromatic N) is 1. The summed E-state index contributed by atoms with van der Waals surface area (Å²) in [7, 11) is 0. The molecule has 0 spiro atoms. The van der Waals surface area contributed by atoms with Crippen molar-refractivity contribution in [2.24, 2.45) is 0 Å². The van der Waals surface area contributed by atoms with E-state index in [0.717, 1.165) is 5.76 Å². The van der Waals surface area contributed by atoms with Crippen molar-refractivity contribution in [3.63, 3.8) is 0 Å². The van der Waals surface area contributed by atoms with Gasteiger partial charge in [0.15, 0.2) is 11.5 Å². The molecular weight excluding hydrogens is 312 g/mol. The van der Waals surface area contributed by atoms with Crippen LogP contribution < -0.4 is 14.8 Å². The van der Waals surface area contributed by atoms with E-state index in [1.807, 2.05) is 19.1 Å². The van der Waals surface area contributed by atoms with E-state index >= 15 is 0 Å². The maximum Gasteiger partial charge on any atom is 0.247 e. The van der Waals surface area contributed by atoms with Gasteiger partial charge < -0.3 is 24.1 Å². The average molecular weight is 328 g/mol. The highest BCUT2D eigenvalue weighted by Gasteiger charge is 2.36. The van der Waals surface area contributed by atoms with Crippen LogP contribution in [0.15, 0.2) is 34.7 Å². The Kier molecular flexibility index (Phi) is 3.41. The molecule has 0 saturated carbocycles. The summed E-state index contributed by atoms with van der Waals surface area (Å²) >= 11 is 0. The maximum absolute atomic E-state index is 12.4. The van der Waals surface area contributed by atoms with Crippen LogP contribution in [0.2, 0.25) is 0 Å². The van der Waals surface area contributed by atoms with Crippen LogP contribution in [0.4, 0.5) is 0 Å². The second-order valence-electron chi connectivity index (χ2n) is 5.77. The Hall–Kier alpha value is -2.96. The van der Waals surface area contributed by atoms with E-state index < -0.39 is 6.04 Å². The standard InChI is InChI=1S/C17H16N2O5/c1-10-2-4-12(24-10)8-19-15(20)7-18-17(21)16(19)11-3-5-13-14(6-11)23-9-22-13/h2-6,16H,7-9H2,1H3,(H,18,21). The zero-order valence-corrected chi connectivity index (χ0v) is 13.1. The van der Waals surface area contributed by atoms with Gasteiger partial charge >= 0.3 is 0 Å². The molecule has 1 aromatic heterocycles. The normalized spacial score (nSPS) is 19.5. The number of fused-ring (bicyclic) bond motifs is 1. The van der Waals surface area contributed by atoms with Crippen LogP contribution >= 0.6 is 0 Å². The minimum atomic E-state index is -0.730. The molecule has 2 aliphatic heterocycles. The average Bonchev–Trinajstić information content (AvgIpc) is 3.19. The number of hydrogen-bond acceptors (Lipinski definition) is 5. The molecule has 2 aromatic rings. The van der Waals surface area contributed by atoms with E-state index in [1.54, 1.807) is 18.2 Å². The number of amides is 2. The van der Waals surface area contributed by atoms with Crippen molar-refractivity contribution >= 4 is 11.8 Å². The first-order valence-corrected chi connectivity index (χ1v) is 7.64. The van der Waals surface area contributed by atoms with Gasteiger partial charge in [-0.3, -0.25) is 9.59 Å². The Morgan fingerprint density at radius 3 is 2.79 bits per heavy atom. The zero-order chi connectivity index (χ0) is 16.7. The predicted molar refractivity (Wildman–Crippen MR) is 82.3 cm³/mol. The Morgan fingerprint density at radius 2 is 2.00 bits per heavy atom. The van der Waals surface area contributed by atoms with Crippen molar-refractivity contribution < 1.29 is 23.5 Å². The molecule has 1 fully saturated rings. The van der Waals surface area contributed by atoms with Crippen LogP contribution in [-0.2, 0) is 16.1 Å². The summed E-state index contributed by atoms with van der Waals surface area (Å²) in [5.41, 5.74) is 0.674. The van der Waals surface area contributed by atoms with Gasteiger partial charge in [0, 0.05) is 0 Å². The minimum Gasteiger partial charge on any atom is -0.464 e. The number of hydrogen-bond donors (Lipinski definition) is 1. The Labute approximate surface area is 138 Å². The molecule has 2 aliphatic rings. The number of carbonyl (C=O) groups excluding carboxylic acids is 2. The molecule has 3 heterocycles. The second-order valence-corrected chi connectivity index (χ2v) is 5.77. The van der Waals surface area contributed by atoms with Gasteiger partial charge in [-0.25, -0.2) is 0 Å². The molecule has 0 radical (unpaired) electrons. The van der Waals surface area contributed by atoms with Gasteiger partial charge in [0.2, 0.25) is 18.6 Å². The highest BCUT2D eigenvalue weighted by molar-refractivity contribution is 5.95. The fourth-order valence-corrected chi connectivity index (χ4v) is 2.98. The largest absolute Gasteiger partial charge is 0.464 e. The maximum atomic E-state index is 12.4. The first-order chi connectivity index (χ1) is 11.6. The number of ether oxygens (including phenoxy) is 2. The number of benzene rings is 1. The van der Waals surface area contributed by atoms with Crippen molar-refractivity contribution in [3.8, 4) is 11.5 Å². The third-order valence-electron chi connectivity index (χ3n) is 4.13. The van der Waals surface area contributed by atoms with E-state index in [4.69, 9.17) is 13.9 Å². The van der Waals surface area contributed by atoms with Gasteiger partial charge in [-0.05, 0) is 36.8 Å². The van der Waals surface area contributed by atoms with Crippen LogP contribution in [0.3, 0.4) is 0 Å². The van der Waals surface area contributed by atoms with E-state index in [2.05, 4.69) is 5.32 Å². The van der Waals surface area contributed by atoms with Crippen molar-refractivity contribution in [1.82, 2.24) is 10.2 Å². The molecular formula is C17H16N2O5. The molecule has 124 valence electrons. The Morgan fingerprint density at radius 1 is 1.17 bits per heavy atom. The molecule has 0 aliphatic carbocycles. The third-order valence-corrected chi connectivity index (χ3v) is 4.13. The third kappa shape index (κ3) is 2.47. The summed E-state index contributed by atoms with van der Waals surface area (Å²) in [5, 5.41) is 2.64. The topological polar surface area (TPSA) is 81.0 Å². The fraction of sp³-hybridized carbons (Fsp3) is 0.294. The van der Waals surface area contributed by atoms with Crippen LogP contribution in [0.1, 0.15) is 23.1 Å². The van der Waals surface area contributed by atoms with Crippen molar-refractivity contribution in [2.45, 2.75) is 19.5 Å². The van der Waals surface area contributed by atoms with Gasteiger partial charge in [0.1, 0.15) is 17.6 Å². The number of piperazine rings is 1. The first-order valence-electron chi connectivity index (χ1n) is 7.64. The second kappa shape index (κ2) is 5.59. The van der Waals surface area contributed by atoms with E-state index in [-0.39, 0.29) is 31.7 Å². The van der Waals surface area contributed by atoms with Gasteiger partial charge in [0.05, 0.1) is 13.1 Å². The Balaban J connectivity index is 1.68. The summed E-state index contributed by atoms with van der Waals surface area (Å²) < 4.78 is 16.2. The molecule has 1 N–H and O–H groups in total. The van der Waals surface area contributed by atoms with Gasteiger partial charge in [-0.2, -0.15) is 0 Å². The lowest BCUT2D eigenvalue weighted by Gasteiger charge is -2.34. The predicted octanol–water partition coefficient (Wildman–Crippen LogP) is 1.52. The summed E-state index contributed by atoms with van der Waals surface area (Å²) in [5.74, 6) is 2.23. The van der Waals surface area contributed by atoms with E-state index in [9.17, 15) is 9.59 Å². The summed E-state index contributed by atoms with van der Waals surface area (Å²) in [6.07, 6.45) is 0. The number of rotatable bonds is 3. The van der Waals surface area contributed by atoms with Gasteiger partial charge in [-0.15, -0.1) is 0 Å². The zero-order valence-electron chi connectivity index (χ0n) is 13.1. The SMILES string of the molecule is Cc1ccc(CN2C(=O)CNC(=O)C2c2ccc3c(c2)OCO3)o1. The molecule has 7 nitrogen and oxygen atoms in total. The lowest BCUT2D eigenvalue weighted by Crippen LogP contribution is -2.53. The van der Waals surface area contributed by atoms with Crippen LogP contribution in [0.25, 0.3) is 0 Å².